The van der Waals surface area contributed by atoms with E-state index in [9.17, 15) is 14.4 Å². The highest BCUT2D eigenvalue weighted by atomic mass is 79.9. The number of nitrogens with zero attached hydrogens (tertiary/aromatic N) is 2. The number of carbonyl (C=O) groups excluding carboxylic acids is 3. The molecule has 0 bridgehead atoms. The second kappa shape index (κ2) is 10.2. The van der Waals surface area contributed by atoms with E-state index in [1.54, 1.807) is 4.90 Å². The molecule has 0 spiro atoms. The van der Waals surface area contributed by atoms with Crippen molar-refractivity contribution in [3.8, 4) is 5.75 Å². The van der Waals surface area contributed by atoms with Crippen molar-refractivity contribution in [2.75, 3.05) is 25.7 Å². The molecule has 4 atom stereocenters. The number of likely N-dealkylation sites (tertiary alicyclic amines) is 1. The van der Waals surface area contributed by atoms with Crippen LogP contribution in [0.15, 0.2) is 53.0 Å². The summed E-state index contributed by atoms with van der Waals surface area (Å²) in [7, 11) is 2.69. The Morgan fingerprint density at radius 1 is 0.853 bits per heavy atom. The van der Waals surface area contributed by atoms with Gasteiger partial charge in [-0.1, -0.05) is 53.5 Å². The number of unbranched alkanes of at least 4 members (excludes halogenated alkanes) is 1. The first-order valence-electron chi connectivity index (χ1n) is 11.2. The second-order valence-corrected chi connectivity index (χ2v) is 9.09. The number of anilines is 1. The van der Waals surface area contributed by atoms with Crippen LogP contribution in [0.4, 0.5) is 5.69 Å². The number of β-lactam (4-membered cyclic amide) rings is 1. The van der Waals surface area contributed by atoms with Crippen molar-refractivity contribution in [1.29, 1.82) is 0 Å². The van der Waals surface area contributed by atoms with Gasteiger partial charge in [0.15, 0.2) is 12.2 Å². The van der Waals surface area contributed by atoms with Crippen LogP contribution in [-0.4, -0.2) is 61.7 Å². The Balaban J connectivity index is 1.79. The fourth-order valence-electron chi connectivity index (χ4n) is 4.48. The minimum Gasteiger partial charge on any atom is -0.493 e. The average Bonchev–Trinajstić information content (AvgIpc) is 3.07. The average molecular weight is 531 g/mol. The fourth-order valence-corrected chi connectivity index (χ4v) is 4.82. The zero-order chi connectivity index (χ0) is 24.4. The molecule has 2 saturated heterocycles. The minimum atomic E-state index is -1.10. The Morgan fingerprint density at radius 3 is 2.09 bits per heavy atom. The van der Waals surface area contributed by atoms with Gasteiger partial charge in [0, 0.05) is 29.9 Å². The SMILES string of the molecule is CCCCOc1cc(Br)ccc1[C@@H]1C(N2C(=O)[C@H](OC)[C@@H](OC)C2=O)C(=O)N1c1ccccc1. The van der Waals surface area contributed by atoms with Crippen LogP contribution in [0.5, 0.6) is 5.75 Å². The highest BCUT2D eigenvalue weighted by Gasteiger charge is 2.61. The number of hydrogen-bond acceptors (Lipinski definition) is 6. The van der Waals surface area contributed by atoms with E-state index >= 15 is 0 Å². The highest BCUT2D eigenvalue weighted by molar-refractivity contribution is 9.10. The highest BCUT2D eigenvalue weighted by Crippen LogP contribution is 2.46. The zero-order valence-electron chi connectivity index (χ0n) is 19.3. The molecule has 0 aliphatic carbocycles. The second-order valence-electron chi connectivity index (χ2n) is 8.18. The number of carbonyl (C=O) groups is 3. The van der Waals surface area contributed by atoms with Crippen LogP contribution in [0.2, 0.25) is 0 Å². The quantitative estimate of drug-likeness (QED) is 0.280. The van der Waals surface area contributed by atoms with Gasteiger partial charge in [0.1, 0.15) is 11.8 Å². The predicted molar refractivity (Wildman–Crippen MR) is 128 cm³/mol. The smallest absolute Gasteiger partial charge is 0.262 e. The zero-order valence-corrected chi connectivity index (χ0v) is 20.9. The van der Waals surface area contributed by atoms with E-state index in [1.807, 2.05) is 48.5 Å². The summed E-state index contributed by atoms with van der Waals surface area (Å²) < 4.78 is 17.4. The molecule has 9 heteroatoms. The lowest BCUT2D eigenvalue weighted by Gasteiger charge is -2.50. The van der Waals surface area contributed by atoms with Crippen LogP contribution in [-0.2, 0) is 23.9 Å². The molecular formula is C25H27BrN2O6. The van der Waals surface area contributed by atoms with Crippen molar-refractivity contribution < 1.29 is 28.6 Å². The van der Waals surface area contributed by atoms with Gasteiger partial charge in [-0.05, 0) is 30.7 Å². The maximum atomic E-state index is 13.5. The van der Waals surface area contributed by atoms with Crippen LogP contribution < -0.4 is 9.64 Å². The third-order valence-corrected chi connectivity index (χ3v) is 6.67. The largest absolute Gasteiger partial charge is 0.493 e. The topological polar surface area (TPSA) is 85.4 Å². The van der Waals surface area contributed by atoms with Gasteiger partial charge in [0.05, 0.1) is 12.6 Å². The van der Waals surface area contributed by atoms with E-state index < -0.39 is 36.1 Å². The van der Waals surface area contributed by atoms with Gasteiger partial charge in [-0.2, -0.15) is 0 Å². The first-order chi connectivity index (χ1) is 16.4. The van der Waals surface area contributed by atoms with Crippen LogP contribution in [0.3, 0.4) is 0 Å². The van der Waals surface area contributed by atoms with Crippen molar-refractivity contribution in [3.05, 3.63) is 58.6 Å². The van der Waals surface area contributed by atoms with E-state index in [0.717, 1.165) is 22.2 Å². The van der Waals surface area contributed by atoms with Crippen molar-refractivity contribution in [2.24, 2.45) is 0 Å². The van der Waals surface area contributed by atoms with Crippen molar-refractivity contribution in [2.45, 2.75) is 44.1 Å². The van der Waals surface area contributed by atoms with Gasteiger partial charge in [-0.15, -0.1) is 0 Å². The third kappa shape index (κ3) is 4.12. The van der Waals surface area contributed by atoms with Gasteiger partial charge in [-0.25, -0.2) is 0 Å². The van der Waals surface area contributed by atoms with Crippen LogP contribution in [0.1, 0.15) is 31.4 Å². The Hall–Kier alpha value is -2.75. The molecule has 0 N–H and O–H groups in total. The lowest BCUT2D eigenvalue weighted by molar-refractivity contribution is -0.153. The molecule has 2 aromatic rings. The molecule has 180 valence electrons. The Bertz CT molecular complexity index is 1060. The molecule has 0 aromatic heterocycles. The van der Waals surface area contributed by atoms with Gasteiger partial charge in [0.25, 0.3) is 17.7 Å². The molecule has 3 amide bonds. The van der Waals surface area contributed by atoms with Crippen LogP contribution in [0, 0.1) is 0 Å². The van der Waals surface area contributed by atoms with E-state index in [1.165, 1.54) is 14.2 Å². The normalized spacial score (nSPS) is 24.5. The third-order valence-electron chi connectivity index (χ3n) is 6.17. The number of methoxy groups -OCH3 is 2. The maximum Gasteiger partial charge on any atom is 0.262 e. The van der Waals surface area contributed by atoms with Gasteiger partial charge < -0.3 is 19.1 Å². The van der Waals surface area contributed by atoms with Gasteiger partial charge in [0.2, 0.25) is 0 Å². The number of para-hydroxylation sites is 1. The summed E-state index contributed by atoms with van der Waals surface area (Å²) >= 11 is 3.49. The summed E-state index contributed by atoms with van der Waals surface area (Å²) in [5.74, 6) is -0.925. The Morgan fingerprint density at radius 2 is 1.50 bits per heavy atom. The number of benzene rings is 2. The number of hydrogen-bond donors (Lipinski definition) is 0. The van der Waals surface area contributed by atoms with Crippen LogP contribution in [0.25, 0.3) is 0 Å². The van der Waals surface area contributed by atoms with E-state index in [-0.39, 0.29) is 5.91 Å². The molecule has 2 aliphatic heterocycles. The van der Waals surface area contributed by atoms with E-state index in [0.29, 0.717) is 23.6 Å². The number of amides is 3. The minimum absolute atomic E-state index is 0.355. The molecule has 2 fully saturated rings. The molecule has 0 saturated carbocycles. The molecule has 0 radical (unpaired) electrons. The first-order valence-corrected chi connectivity index (χ1v) is 12.0. The van der Waals surface area contributed by atoms with Crippen molar-refractivity contribution >= 4 is 39.3 Å². The van der Waals surface area contributed by atoms with Crippen molar-refractivity contribution in [3.63, 3.8) is 0 Å². The molecule has 4 rings (SSSR count). The van der Waals surface area contributed by atoms with E-state index in [2.05, 4.69) is 22.9 Å². The molecule has 2 heterocycles. The Labute approximate surface area is 206 Å². The number of rotatable bonds is 9. The number of halogens is 1. The molecule has 2 aromatic carbocycles. The summed E-state index contributed by atoms with van der Waals surface area (Å²) in [5.41, 5.74) is 1.38. The fraction of sp³-hybridized carbons (Fsp3) is 0.400. The monoisotopic (exact) mass is 530 g/mol. The lowest BCUT2D eigenvalue weighted by atomic mass is 9.86. The number of imide groups is 1. The summed E-state index contributed by atoms with van der Waals surface area (Å²) in [4.78, 5) is 42.4. The number of ether oxygens (including phenoxy) is 3. The summed E-state index contributed by atoms with van der Waals surface area (Å²) in [5, 5.41) is 0. The van der Waals surface area contributed by atoms with Crippen LogP contribution >= 0.6 is 15.9 Å². The molecule has 34 heavy (non-hydrogen) atoms. The summed E-state index contributed by atoms with van der Waals surface area (Å²) in [6, 6.07) is 13.1. The van der Waals surface area contributed by atoms with Crippen molar-refractivity contribution in [1.82, 2.24) is 4.90 Å². The predicted octanol–water partition coefficient (Wildman–Crippen LogP) is 3.48. The molecule has 1 unspecified atom stereocenters. The molecule has 8 nitrogen and oxygen atoms in total. The standard InChI is InChI=1S/C25H27BrN2O6/c1-4-5-13-34-18-14-15(26)11-12-17(18)19-20(23(29)27(19)16-9-7-6-8-10-16)28-24(30)21(32-2)22(33-3)25(28)31/h6-12,14,19-22H,4-5,13H2,1-3H3/t19-,20?,21-,22-/m1/s1. The van der Waals surface area contributed by atoms with Gasteiger partial charge in [-0.3, -0.25) is 19.3 Å². The molecule has 2 aliphatic rings. The lowest BCUT2D eigenvalue weighted by Crippen LogP contribution is -2.67. The summed E-state index contributed by atoms with van der Waals surface area (Å²) in [6.07, 6.45) is -0.350. The van der Waals surface area contributed by atoms with E-state index in [4.69, 9.17) is 14.2 Å². The summed E-state index contributed by atoms with van der Waals surface area (Å²) in [6.45, 7) is 2.59. The Kier molecular flexibility index (Phi) is 7.35. The first kappa shape index (κ1) is 24.4. The molecular weight excluding hydrogens is 504 g/mol. The van der Waals surface area contributed by atoms with Gasteiger partial charge >= 0.3 is 0 Å². The maximum absolute atomic E-state index is 13.5.